The minimum Gasteiger partial charge on any atom is -0.355 e. The lowest BCUT2D eigenvalue weighted by Gasteiger charge is -2.24. The van der Waals surface area contributed by atoms with Crippen LogP contribution in [0.3, 0.4) is 0 Å². The van der Waals surface area contributed by atoms with Gasteiger partial charge in [-0.2, -0.15) is 0 Å². The minimum atomic E-state index is 0.0973. The highest BCUT2D eigenvalue weighted by molar-refractivity contribution is 5.36. The Bertz CT molecular complexity index is 382. The summed E-state index contributed by atoms with van der Waals surface area (Å²) < 4.78 is 0. The molecule has 0 aromatic carbocycles. The Morgan fingerprint density at radius 3 is 2.47 bits per heavy atom. The fourth-order valence-corrected chi connectivity index (χ4v) is 1.81. The molecule has 0 fully saturated rings. The lowest BCUT2D eigenvalue weighted by Crippen LogP contribution is -2.35. The molecule has 0 saturated heterocycles. The highest BCUT2D eigenvalue weighted by atomic mass is 15.2. The Hall–Kier alpha value is -1.16. The van der Waals surface area contributed by atoms with E-state index in [0.29, 0.717) is 5.92 Å². The van der Waals surface area contributed by atoms with E-state index >= 15 is 0 Å². The van der Waals surface area contributed by atoms with Crippen molar-refractivity contribution in [2.45, 2.75) is 53.6 Å². The van der Waals surface area contributed by atoms with E-state index in [4.69, 9.17) is 4.98 Å². The molecule has 0 amide bonds. The van der Waals surface area contributed by atoms with Crippen molar-refractivity contribution in [3.05, 3.63) is 18.1 Å². The number of nitrogens with one attached hydrogen (secondary N) is 1. The Morgan fingerprint density at radius 2 is 1.95 bits per heavy atom. The molecule has 0 unspecified atom stereocenters. The molecular weight excluding hydrogens is 236 g/mol. The third kappa shape index (κ3) is 6.01. The summed E-state index contributed by atoms with van der Waals surface area (Å²) in [7, 11) is 0. The molecule has 4 nitrogen and oxygen atoms in total. The van der Waals surface area contributed by atoms with Gasteiger partial charge in [0.25, 0.3) is 0 Å². The Balaban J connectivity index is 2.75. The third-order valence-corrected chi connectivity index (χ3v) is 2.76. The topological polar surface area (TPSA) is 41.1 Å². The molecule has 19 heavy (non-hydrogen) atoms. The van der Waals surface area contributed by atoms with Crippen molar-refractivity contribution in [1.82, 2.24) is 15.3 Å². The summed E-state index contributed by atoms with van der Waals surface area (Å²) in [6.45, 7) is 15.8. The van der Waals surface area contributed by atoms with Crippen LogP contribution in [0.4, 0.5) is 5.82 Å². The zero-order chi connectivity index (χ0) is 14.5. The molecule has 1 heterocycles. The predicted molar refractivity (Wildman–Crippen MR) is 81.3 cm³/mol. The van der Waals surface area contributed by atoms with E-state index in [9.17, 15) is 0 Å². The molecule has 0 radical (unpaired) electrons. The first kappa shape index (κ1) is 15.9. The summed E-state index contributed by atoms with van der Waals surface area (Å²) in [5.74, 6) is 1.60. The van der Waals surface area contributed by atoms with Gasteiger partial charge in [0.2, 0.25) is 0 Å². The number of anilines is 1. The zero-order valence-electron chi connectivity index (χ0n) is 13.2. The van der Waals surface area contributed by atoms with Gasteiger partial charge in [-0.15, -0.1) is 0 Å². The summed E-state index contributed by atoms with van der Waals surface area (Å²) in [5, 5.41) is 3.44. The van der Waals surface area contributed by atoms with Gasteiger partial charge < -0.3 is 10.2 Å². The van der Waals surface area contributed by atoms with Crippen molar-refractivity contribution in [3.63, 3.8) is 0 Å². The van der Waals surface area contributed by atoms with Crippen LogP contribution in [0.25, 0.3) is 0 Å². The second kappa shape index (κ2) is 6.85. The highest BCUT2D eigenvalue weighted by Gasteiger charge is 2.11. The summed E-state index contributed by atoms with van der Waals surface area (Å²) in [5.41, 5.74) is 1.09. The normalized spacial score (nSPS) is 11.9. The van der Waals surface area contributed by atoms with Crippen LogP contribution in [0.1, 0.15) is 47.2 Å². The van der Waals surface area contributed by atoms with Crippen LogP contribution in [0.5, 0.6) is 0 Å². The van der Waals surface area contributed by atoms with Crippen molar-refractivity contribution < 1.29 is 0 Å². The average Bonchev–Trinajstić information content (AvgIpc) is 2.33. The number of aromatic nitrogens is 2. The van der Waals surface area contributed by atoms with Gasteiger partial charge in [0.1, 0.15) is 5.82 Å². The van der Waals surface area contributed by atoms with Gasteiger partial charge in [-0.1, -0.05) is 13.8 Å². The van der Waals surface area contributed by atoms with E-state index in [1.807, 2.05) is 12.4 Å². The smallest absolute Gasteiger partial charge is 0.147 e. The maximum Gasteiger partial charge on any atom is 0.147 e. The van der Waals surface area contributed by atoms with E-state index in [1.54, 1.807) is 0 Å². The monoisotopic (exact) mass is 264 g/mol. The van der Waals surface area contributed by atoms with Crippen LogP contribution >= 0.6 is 0 Å². The van der Waals surface area contributed by atoms with Crippen LogP contribution in [-0.4, -0.2) is 28.6 Å². The minimum absolute atomic E-state index is 0.0973. The zero-order valence-corrected chi connectivity index (χ0v) is 13.2. The SMILES string of the molecule is CCN(CC(C)C)c1cncc(CNC(C)(C)C)n1. The molecule has 1 aromatic rings. The largest absolute Gasteiger partial charge is 0.355 e. The molecule has 1 rings (SSSR count). The standard InChI is InChI=1S/C15H28N4/c1-7-19(11-12(2)3)14-10-16-8-13(18-14)9-17-15(4,5)6/h8,10,12,17H,7,9,11H2,1-6H3. The first-order valence-corrected chi connectivity index (χ1v) is 7.12. The first-order chi connectivity index (χ1) is 8.81. The molecule has 0 bridgehead atoms. The lowest BCUT2D eigenvalue weighted by molar-refractivity contribution is 0.421. The third-order valence-electron chi connectivity index (χ3n) is 2.76. The summed E-state index contributed by atoms with van der Waals surface area (Å²) >= 11 is 0. The van der Waals surface area contributed by atoms with Gasteiger partial charge in [0, 0.05) is 31.4 Å². The molecule has 0 aliphatic heterocycles. The number of hydrogen-bond acceptors (Lipinski definition) is 4. The molecule has 1 N–H and O–H groups in total. The number of hydrogen-bond donors (Lipinski definition) is 1. The van der Waals surface area contributed by atoms with E-state index < -0.39 is 0 Å². The fraction of sp³-hybridized carbons (Fsp3) is 0.733. The Labute approximate surface area is 117 Å². The van der Waals surface area contributed by atoms with Gasteiger partial charge in [-0.05, 0) is 33.6 Å². The second-order valence-electron chi connectivity index (χ2n) is 6.40. The number of nitrogens with zero attached hydrogens (tertiary/aromatic N) is 3. The molecule has 4 heteroatoms. The molecule has 108 valence electrons. The average molecular weight is 264 g/mol. The molecule has 0 atom stereocenters. The van der Waals surface area contributed by atoms with Crippen LogP contribution in [0, 0.1) is 5.92 Å². The molecule has 1 aromatic heterocycles. The van der Waals surface area contributed by atoms with E-state index in [0.717, 1.165) is 31.1 Å². The molecule has 0 aliphatic carbocycles. The molecule has 0 aliphatic rings. The van der Waals surface area contributed by atoms with Crippen molar-refractivity contribution in [2.75, 3.05) is 18.0 Å². The van der Waals surface area contributed by atoms with Gasteiger partial charge in [0.05, 0.1) is 11.9 Å². The molecule has 0 saturated carbocycles. The van der Waals surface area contributed by atoms with Gasteiger partial charge in [-0.3, -0.25) is 4.98 Å². The number of rotatable bonds is 6. The van der Waals surface area contributed by atoms with Gasteiger partial charge in [0.15, 0.2) is 0 Å². The first-order valence-electron chi connectivity index (χ1n) is 7.12. The Kier molecular flexibility index (Phi) is 5.73. The summed E-state index contributed by atoms with van der Waals surface area (Å²) in [4.78, 5) is 11.3. The Morgan fingerprint density at radius 1 is 1.26 bits per heavy atom. The lowest BCUT2D eigenvalue weighted by atomic mass is 10.1. The fourth-order valence-electron chi connectivity index (χ4n) is 1.81. The van der Waals surface area contributed by atoms with E-state index in [2.05, 4.69) is 56.7 Å². The van der Waals surface area contributed by atoms with Crippen LogP contribution < -0.4 is 10.2 Å². The van der Waals surface area contributed by atoms with Crippen molar-refractivity contribution in [2.24, 2.45) is 5.92 Å². The van der Waals surface area contributed by atoms with Crippen molar-refractivity contribution >= 4 is 5.82 Å². The maximum atomic E-state index is 4.70. The quantitative estimate of drug-likeness (QED) is 0.858. The van der Waals surface area contributed by atoms with Crippen LogP contribution in [0.2, 0.25) is 0 Å². The van der Waals surface area contributed by atoms with Crippen molar-refractivity contribution in [1.29, 1.82) is 0 Å². The van der Waals surface area contributed by atoms with Crippen LogP contribution in [0.15, 0.2) is 12.4 Å². The van der Waals surface area contributed by atoms with Gasteiger partial charge in [-0.25, -0.2) is 4.98 Å². The van der Waals surface area contributed by atoms with E-state index in [-0.39, 0.29) is 5.54 Å². The summed E-state index contributed by atoms with van der Waals surface area (Å²) in [6, 6.07) is 0. The summed E-state index contributed by atoms with van der Waals surface area (Å²) in [6.07, 6.45) is 3.69. The highest BCUT2D eigenvalue weighted by Crippen LogP contribution is 2.12. The van der Waals surface area contributed by atoms with E-state index in [1.165, 1.54) is 0 Å². The predicted octanol–water partition coefficient (Wildman–Crippen LogP) is 2.85. The second-order valence-corrected chi connectivity index (χ2v) is 6.40. The molecular formula is C15H28N4. The van der Waals surface area contributed by atoms with Gasteiger partial charge >= 0.3 is 0 Å². The maximum absolute atomic E-state index is 4.70. The molecule has 0 spiro atoms. The van der Waals surface area contributed by atoms with Crippen LogP contribution in [-0.2, 0) is 6.54 Å². The van der Waals surface area contributed by atoms with Crippen molar-refractivity contribution in [3.8, 4) is 0 Å².